The highest BCUT2D eigenvalue weighted by molar-refractivity contribution is 7.90. The van der Waals surface area contributed by atoms with Crippen molar-refractivity contribution in [1.29, 1.82) is 0 Å². The second-order valence-electron chi connectivity index (χ2n) is 9.59. The number of benzene rings is 2. The Morgan fingerprint density at radius 1 is 0.944 bits per heavy atom. The minimum Gasteiger partial charge on any atom is -0.352 e. The zero-order chi connectivity index (χ0) is 27.2. The van der Waals surface area contributed by atoms with E-state index in [1.165, 1.54) is 19.0 Å². The number of hydrogen-bond donors (Lipinski definition) is 1. The van der Waals surface area contributed by atoms with E-state index in [1.807, 2.05) is 71.0 Å². The number of anilines is 1. The Morgan fingerprint density at radius 3 is 2.08 bits per heavy atom. The number of hydrogen-bond acceptors (Lipinski definition) is 4. The minimum atomic E-state index is -3.99. The number of rotatable bonds is 11. The van der Waals surface area contributed by atoms with Crippen molar-refractivity contribution in [2.75, 3.05) is 24.9 Å². The molecule has 2 amide bonds. The molecule has 0 radical (unpaired) electrons. The van der Waals surface area contributed by atoms with Crippen LogP contribution in [0, 0.1) is 20.8 Å². The van der Waals surface area contributed by atoms with Crippen LogP contribution in [0.4, 0.5) is 5.69 Å². The van der Waals surface area contributed by atoms with Gasteiger partial charge in [-0.05, 0) is 63.8 Å². The minimum absolute atomic E-state index is 0.0446. The molecule has 1 N–H and O–H groups in total. The Bertz CT molecular complexity index is 1160. The Kier molecular flexibility index (Phi) is 10.1. The number of aryl methyl sites for hydroxylation is 3. The monoisotopic (exact) mass is 516 g/mol. The van der Waals surface area contributed by atoms with Crippen LogP contribution < -0.4 is 9.62 Å². The van der Waals surface area contributed by atoms with Gasteiger partial charge in [-0.2, -0.15) is 12.7 Å². The van der Waals surface area contributed by atoms with Crippen LogP contribution in [0.5, 0.6) is 0 Å². The van der Waals surface area contributed by atoms with E-state index in [1.54, 1.807) is 13.0 Å². The molecule has 0 fully saturated rings. The highest BCUT2D eigenvalue weighted by atomic mass is 32.2. The molecule has 9 heteroatoms. The van der Waals surface area contributed by atoms with Gasteiger partial charge >= 0.3 is 10.2 Å². The summed E-state index contributed by atoms with van der Waals surface area (Å²) in [6.07, 6.45) is 0.756. The number of nitrogens with zero attached hydrogens (tertiary/aromatic N) is 3. The molecule has 2 aromatic rings. The lowest BCUT2D eigenvalue weighted by atomic mass is 10.1. The number of carbonyl (C=O) groups is 2. The first-order valence-electron chi connectivity index (χ1n) is 12.2. The molecule has 0 aliphatic carbocycles. The lowest BCUT2D eigenvalue weighted by molar-refractivity contribution is -0.139. The van der Waals surface area contributed by atoms with E-state index in [-0.39, 0.29) is 18.5 Å². The first kappa shape index (κ1) is 29.3. The molecule has 2 aromatic carbocycles. The summed E-state index contributed by atoms with van der Waals surface area (Å²) in [5.41, 5.74) is 3.97. The van der Waals surface area contributed by atoms with Gasteiger partial charge in [-0.3, -0.25) is 9.59 Å². The van der Waals surface area contributed by atoms with E-state index in [9.17, 15) is 18.0 Å². The van der Waals surface area contributed by atoms with Gasteiger partial charge in [0, 0.05) is 26.7 Å². The molecule has 0 spiro atoms. The number of nitrogens with one attached hydrogen (secondary N) is 1. The first-order valence-corrected chi connectivity index (χ1v) is 13.6. The maximum Gasteiger partial charge on any atom is 0.304 e. The van der Waals surface area contributed by atoms with Gasteiger partial charge in [-0.1, -0.05) is 48.9 Å². The highest BCUT2D eigenvalue weighted by Gasteiger charge is 2.33. The van der Waals surface area contributed by atoms with Crippen LogP contribution in [-0.2, 0) is 26.3 Å². The average Bonchev–Trinajstić information content (AvgIpc) is 2.82. The third-order valence-corrected chi connectivity index (χ3v) is 8.10. The highest BCUT2D eigenvalue weighted by Crippen LogP contribution is 2.26. The second-order valence-corrected chi connectivity index (χ2v) is 11.7. The van der Waals surface area contributed by atoms with E-state index in [0.29, 0.717) is 5.69 Å². The summed E-state index contributed by atoms with van der Waals surface area (Å²) >= 11 is 0. The largest absolute Gasteiger partial charge is 0.352 e. The first-order chi connectivity index (χ1) is 16.8. The van der Waals surface area contributed by atoms with Gasteiger partial charge in [0.1, 0.15) is 12.6 Å². The molecule has 0 saturated heterocycles. The van der Waals surface area contributed by atoms with Crippen LogP contribution in [0.2, 0.25) is 0 Å². The summed E-state index contributed by atoms with van der Waals surface area (Å²) in [5, 5.41) is 2.94. The lowest BCUT2D eigenvalue weighted by Gasteiger charge is -2.33. The standard InChI is InChI=1S/C27H40N4O4S/c1-9-22(5)28-27(33)23(6)30(17-24-14-11-19(2)12-15-24)26(32)18-31(36(34,35)29(7)8)25-16-20(3)10-13-21(25)4/h10-16,22-23H,9,17-18H2,1-8H3,(H,28,33). The van der Waals surface area contributed by atoms with Crippen LogP contribution in [0.25, 0.3) is 0 Å². The SMILES string of the molecule is CCC(C)NC(=O)C(C)N(Cc1ccc(C)cc1)C(=O)CN(c1cc(C)ccc1C)S(=O)(=O)N(C)C. The van der Waals surface area contributed by atoms with Crippen LogP contribution in [0.3, 0.4) is 0 Å². The van der Waals surface area contributed by atoms with Crippen molar-refractivity contribution in [3.8, 4) is 0 Å². The predicted octanol–water partition coefficient (Wildman–Crippen LogP) is 3.56. The number of amides is 2. The van der Waals surface area contributed by atoms with Crippen LogP contribution in [0.15, 0.2) is 42.5 Å². The molecule has 2 atom stereocenters. The molecular formula is C27H40N4O4S. The molecule has 0 saturated carbocycles. The van der Waals surface area contributed by atoms with Crippen molar-refractivity contribution < 1.29 is 18.0 Å². The van der Waals surface area contributed by atoms with Crippen LogP contribution in [0.1, 0.15) is 49.4 Å². The summed E-state index contributed by atoms with van der Waals surface area (Å²) < 4.78 is 28.9. The molecule has 0 aliphatic heterocycles. The second kappa shape index (κ2) is 12.4. The third-order valence-electron chi connectivity index (χ3n) is 6.29. The summed E-state index contributed by atoms with van der Waals surface area (Å²) in [4.78, 5) is 28.3. The van der Waals surface area contributed by atoms with Crippen molar-refractivity contribution >= 4 is 27.7 Å². The zero-order valence-electron chi connectivity index (χ0n) is 22.7. The maximum atomic E-state index is 13.8. The van der Waals surface area contributed by atoms with E-state index in [2.05, 4.69) is 5.32 Å². The van der Waals surface area contributed by atoms with Gasteiger partial charge in [0.2, 0.25) is 11.8 Å². The topological polar surface area (TPSA) is 90.0 Å². The molecular weight excluding hydrogens is 476 g/mol. The van der Waals surface area contributed by atoms with Crippen LogP contribution >= 0.6 is 0 Å². The average molecular weight is 517 g/mol. The maximum absolute atomic E-state index is 13.8. The molecule has 0 aromatic heterocycles. The Morgan fingerprint density at radius 2 is 1.53 bits per heavy atom. The molecule has 198 valence electrons. The Labute approximate surface area is 216 Å². The summed E-state index contributed by atoms with van der Waals surface area (Å²) in [6, 6.07) is 12.4. The fourth-order valence-electron chi connectivity index (χ4n) is 3.63. The van der Waals surface area contributed by atoms with E-state index in [0.717, 1.165) is 37.3 Å². The molecule has 36 heavy (non-hydrogen) atoms. The van der Waals surface area contributed by atoms with Crippen LogP contribution in [-0.4, -0.2) is 62.2 Å². The molecule has 2 unspecified atom stereocenters. The molecule has 0 bridgehead atoms. The van der Waals surface area contributed by atoms with Gasteiger partial charge in [0.15, 0.2) is 0 Å². The molecule has 8 nitrogen and oxygen atoms in total. The quantitative estimate of drug-likeness (QED) is 0.495. The van der Waals surface area contributed by atoms with Gasteiger partial charge in [0.05, 0.1) is 5.69 Å². The molecule has 2 rings (SSSR count). The van der Waals surface area contributed by atoms with Gasteiger partial charge in [-0.25, -0.2) is 4.31 Å². The van der Waals surface area contributed by atoms with E-state index >= 15 is 0 Å². The van der Waals surface area contributed by atoms with E-state index < -0.39 is 28.7 Å². The van der Waals surface area contributed by atoms with Gasteiger partial charge in [0.25, 0.3) is 0 Å². The Hall–Kier alpha value is -2.91. The summed E-state index contributed by atoms with van der Waals surface area (Å²) in [7, 11) is -1.12. The molecule has 0 aliphatic rings. The third kappa shape index (κ3) is 7.30. The normalized spacial score (nSPS) is 13.2. The van der Waals surface area contributed by atoms with E-state index in [4.69, 9.17) is 0 Å². The van der Waals surface area contributed by atoms with Crippen molar-refractivity contribution in [1.82, 2.24) is 14.5 Å². The fraction of sp³-hybridized carbons (Fsp3) is 0.481. The predicted molar refractivity (Wildman–Crippen MR) is 145 cm³/mol. The number of carbonyl (C=O) groups excluding carboxylic acids is 2. The van der Waals surface area contributed by atoms with Gasteiger partial charge < -0.3 is 10.2 Å². The summed E-state index contributed by atoms with van der Waals surface area (Å²) in [6.45, 7) is 11.0. The fourth-order valence-corrected chi connectivity index (χ4v) is 4.74. The van der Waals surface area contributed by atoms with Gasteiger partial charge in [-0.15, -0.1) is 0 Å². The van der Waals surface area contributed by atoms with Crippen molar-refractivity contribution in [3.63, 3.8) is 0 Å². The molecule has 0 heterocycles. The van der Waals surface area contributed by atoms with Crippen molar-refractivity contribution in [3.05, 3.63) is 64.7 Å². The lowest BCUT2D eigenvalue weighted by Crippen LogP contribution is -2.53. The summed E-state index contributed by atoms with van der Waals surface area (Å²) in [5.74, 6) is -0.743. The van der Waals surface area contributed by atoms with Crippen molar-refractivity contribution in [2.45, 2.75) is 66.6 Å². The smallest absolute Gasteiger partial charge is 0.304 e. The Balaban J connectivity index is 2.49. The van der Waals surface area contributed by atoms with Crippen molar-refractivity contribution in [2.24, 2.45) is 0 Å². The zero-order valence-corrected chi connectivity index (χ0v) is 23.5.